The topological polar surface area (TPSA) is 95.3 Å². The van der Waals surface area contributed by atoms with Crippen molar-refractivity contribution in [2.75, 3.05) is 0 Å². The number of carbonyl (C=O) groups excluding carboxylic acids is 1. The highest BCUT2D eigenvalue weighted by Crippen LogP contribution is 2.21. The van der Waals surface area contributed by atoms with Crippen LogP contribution in [0.1, 0.15) is 52.9 Å². The van der Waals surface area contributed by atoms with E-state index in [1.807, 2.05) is 24.4 Å². The number of aryl methyl sites for hydroxylation is 3. The van der Waals surface area contributed by atoms with E-state index in [9.17, 15) is 14.7 Å². The number of aromatic amines is 1. The van der Waals surface area contributed by atoms with Crippen molar-refractivity contribution < 1.29 is 14.3 Å². The van der Waals surface area contributed by atoms with Crippen LogP contribution in [0.5, 0.6) is 0 Å². The first-order valence-corrected chi connectivity index (χ1v) is 10.2. The minimum atomic E-state index is -0.623. The lowest BCUT2D eigenvalue weighted by Gasteiger charge is -2.28. The van der Waals surface area contributed by atoms with Gasteiger partial charge in [0.1, 0.15) is 11.3 Å². The zero-order valence-corrected chi connectivity index (χ0v) is 16.5. The third-order valence-corrected chi connectivity index (χ3v) is 5.79. The molecule has 1 saturated carbocycles. The smallest absolute Gasteiger partial charge is 0.349 e. The monoisotopic (exact) mass is 394 g/mol. The third-order valence-electron chi connectivity index (χ3n) is 5.79. The first kappa shape index (κ1) is 19.5. The Kier molecular flexibility index (Phi) is 5.53. The van der Waals surface area contributed by atoms with Crippen molar-refractivity contribution in [1.29, 1.82) is 0 Å². The number of carbonyl (C=O) groups is 1. The fraction of sp³-hybridized carbons (Fsp3) is 0.391. The summed E-state index contributed by atoms with van der Waals surface area (Å²) in [6, 6.07) is 9.54. The summed E-state index contributed by atoms with van der Waals surface area (Å²) in [4.78, 5) is 28.4. The number of aliphatic hydroxyl groups excluding tert-OH is 1. The van der Waals surface area contributed by atoms with Crippen LogP contribution in [0.3, 0.4) is 0 Å². The number of hydrogen-bond acceptors (Lipinski definition) is 4. The summed E-state index contributed by atoms with van der Waals surface area (Å²) >= 11 is 0. The second-order valence-electron chi connectivity index (χ2n) is 7.85. The second-order valence-corrected chi connectivity index (χ2v) is 7.85. The molecule has 6 heteroatoms. The molecule has 0 unspecified atom stereocenters. The highest BCUT2D eigenvalue weighted by atomic mass is 16.4. The first-order chi connectivity index (χ1) is 14.0. The maximum Gasteiger partial charge on any atom is 0.349 e. The zero-order valence-electron chi connectivity index (χ0n) is 16.5. The van der Waals surface area contributed by atoms with Crippen LogP contribution in [-0.4, -0.2) is 28.1 Å². The second kappa shape index (κ2) is 8.25. The number of hydrogen-bond donors (Lipinski definition) is 3. The number of H-pyrrole nitrogens is 1. The Hall–Kier alpha value is -2.86. The number of aliphatic hydroxyl groups is 1. The molecule has 1 amide bonds. The normalized spacial score (nSPS) is 19.4. The Balaban J connectivity index is 1.48. The van der Waals surface area contributed by atoms with Crippen molar-refractivity contribution in [3.63, 3.8) is 0 Å². The summed E-state index contributed by atoms with van der Waals surface area (Å²) < 4.78 is 5.45. The van der Waals surface area contributed by atoms with Crippen molar-refractivity contribution >= 4 is 16.8 Å². The number of fused-ring (bicyclic) bond motifs is 1. The number of aromatic nitrogens is 1. The van der Waals surface area contributed by atoms with Gasteiger partial charge < -0.3 is 19.8 Å². The summed E-state index contributed by atoms with van der Waals surface area (Å²) in [5.41, 5.74) is 2.24. The van der Waals surface area contributed by atoms with Gasteiger partial charge >= 0.3 is 5.63 Å². The fourth-order valence-electron chi connectivity index (χ4n) is 4.19. The van der Waals surface area contributed by atoms with Crippen molar-refractivity contribution in [3.05, 3.63) is 69.4 Å². The number of rotatable bonds is 5. The molecule has 29 heavy (non-hydrogen) atoms. The Bertz CT molecular complexity index is 1080. The fourth-order valence-corrected chi connectivity index (χ4v) is 4.19. The van der Waals surface area contributed by atoms with Crippen LogP contribution in [0.25, 0.3) is 10.9 Å². The molecule has 0 saturated heterocycles. The molecule has 2 aromatic heterocycles. The minimum Gasteiger partial charge on any atom is -0.427 e. The Morgan fingerprint density at radius 3 is 2.83 bits per heavy atom. The lowest BCUT2D eigenvalue weighted by molar-refractivity contribution is 0.0713. The van der Waals surface area contributed by atoms with Gasteiger partial charge in [0.25, 0.3) is 5.91 Å². The van der Waals surface area contributed by atoms with E-state index in [0.29, 0.717) is 24.2 Å². The predicted octanol–water partition coefficient (Wildman–Crippen LogP) is 3.25. The van der Waals surface area contributed by atoms with Gasteiger partial charge in [0, 0.05) is 23.5 Å². The van der Waals surface area contributed by atoms with Crippen LogP contribution in [0.15, 0.2) is 45.7 Å². The zero-order chi connectivity index (χ0) is 20.4. The molecule has 2 heterocycles. The maximum atomic E-state index is 12.6. The van der Waals surface area contributed by atoms with E-state index in [-0.39, 0.29) is 11.6 Å². The molecule has 152 valence electrons. The standard InChI is InChI=1S/C23H26N2O4/c1-14-12-16(11-10-15-13-24-18-7-3-2-6-17(15)18)29-23(28)21(14)22(27)25-19-8-4-5-9-20(19)26/h2-3,6-7,12-13,19-20,24,26H,4-5,8-11H2,1H3,(H,25,27)/t19-,20-/m1/s1. The van der Waals surface area contributed by atoms with Crippen LogP contribution in [0.4, 0.5) is 0 Å². The molecule has 1 aromatic carbocycles. The van der Waals surface area contributed by atoms with Crippen LogP contribution in [-0.2, 0) is 12.8 Å². The van der Waals surface area contributed by atoms with E-state index in [1.165, 1.54) is 0 Å². The largest absolute Gasteiger partial charge is 0.427 e. The molecular formula is C23H26N2O4. The van der Waals surface area contributed by atoms with Gasteiger partial charge in [-0.3, -0.25) is 4.79 Å². The molecule has 0 radical (unpaired) electrons. The van der Waals surface area contributed by atoms with Crippen molar-refractivity contribution in [2.45, 2.75) is 57.6 Å². The number of nitrogens with one attached hydrogen (secondary N) is 2. The lowest BCUT2D eigenvalue weighted by Crippen LogP contribution is -2.46. The van der Waals surface area contributed by atoms with Crippen molar-refractivity contribution in [3.8, 4) is 0 Å². The Morgan fingerprint density at radius 1 is 1.24 bits per heavy atom. The van der Waals surface area contributed by atoms with Crippen LogP contribution >= 0.6 is 0 Å². The van der Waals surface area contributed by atoms with E-state index in [0.717, 1.165) is 42.1 Å². The molecular weight excluding hydrogens is 368 g/mol. The number of benzene rings is 1. The molecule has 0 aliphatic heterocycles. The van der Waals surface area contributed by atoms with Gasteiger partial charge in [0.15, 0.2) is 0 Å². The van der Waals surface area contributed by atoms with Crippen LogP contribution < -0.4 is 10.9 Å². The van der Waals surface area contributed by atoms with Crippen molar-refractivity contribution in [1.82, 2.24) is 10.3 Å². The first-order valence-electron chi connectivity index (χ1n) is 10.2. The van der Waals surface area contributed by atoms with E-state index in [1.54, 1.807) is 13.0 Å². The predicted molar refractivity (Wildman–Crippen MR) is 111 cm³/mol. The van der Waals surface area contributed by atoms with E-state index in [4.69, 9.17) is 4.42 Å². The van der Waals surface area contributed by atoms with Crippen LogP contribution in [0, 0.1) is 6.92 Å². The van der Waals surface area contributed by atoms with Crippen LogP contribution in [0.2, 0.25) is 0 Å². The van der Waals surface area contributed by atoms with Gasteiger partial charge in [-0.2, -0.15) is 0 Å². The molecule has 0 bridgehead atoms. The van der Waals surface area contributed by atoms with Gasteiger partial charge in [0.05, 0.1) is 12.1 Å². The Labute approximate surface area is 168 Å². The van der Waals surface area contributed by atoms with Gasteiger partial charge in [-0.15, -0.1) is 0 Å². The summed E-state index contributed by atoms with van der Waals surface area (Å²) in [5.74, 6) is 0.0948. The van der Waals surface area contributed by atoms with E-state index in [2.05, 4.69) is 16.4 Å². The molecule has 3 aromatic rings. The molecule has 1 aliphatic carbocycles. The molecule has 3 N–H and O–H groups in total. The van der Waals surface area contributed by atoms with Gasteiger partial charge in [-0.25, -0.2) is 4.79 Å². The highest BCUT2D eigenvalue weighted by molar-refractivity contribution is 5.95. The molecule has 1 aliphatic rings. The SMILES string of the molecule is Cc1cc(CCc2c[nH]c3ccccc23)oc(=O)c1C(=O)N[C@@H]1CCCC[C@H]1O. The molecule has 2 atom stereocenters. The third kappa shape index (κ3) is 4.12. The van der Waals surface area contributed by atoms with Crippen molar-refractivity contribution in [2.24, 2.45) is 0 Å². The molecule has 0 spiro atoms. The maximum absolute atomic E-state index is 12.6. The lowest BCUT2D eigenvalue weighted by atomic mass is 9.92. The number of amides is 1. The summed E-state index contributed by atoms with van der Waals surface area (Å²) in [6.07, 6.45) is 6.03. The molecule has 4 rings (SSSR count). The minimum absolute atomic E-state index is 0.0265. The molecule has 1 fully saturated rings. The average Bonchev–Trinajstić information content (AvgIpc) is 3.11. The van der Waals surface area contributed by atoms with E-state index >= 15 is 0 Å². The van der Waals surface area contributed by atoms with Gasteiger partial charge in [-0.1, -0.05) is 31.0 Å². The van der Waals surface area contributed by atoms with Gasteiger partial charge in [0.2, 0.25) is 0 Å². The highest BCUT2D eigenvalue weighted by Gasteiger charge is 2.27. The van der Waals surface area contributed by atoms with Gasteiger partial charge in [-0.05, 0) is 49.4 Å². The molecule has 6 nitrogen and oxygen atoms in total. The van der Waals surface area contributed by atoms with E-state index < -0.39 is 17.6 Å². The summed E-state index contributed by atoms with van der Waals surface area (Å²) in [6.45, 7) is 1.75. The quantitative estimate of drug-likeness (QED) is 0.619. The number of para-hydroxylation sites is 1. The summed E-state index contributed by atoms with van der Waals surface area (Å²) in [5, 5.41) is 14.0. The Morgan fingerprint density at radius 2 is 2.03 bits per heavy atom. The average molecular weight is 394 g/mol. The summed E-state index contributed by atoms with van der Waals surface area (Å²) in [7, 11) is 0.